The Morgan fingerprint density at radius 2 is 1.94 bits per heavy atom. The minimum atomic E-state index is 0.963. The van der Waals surface area contributed by atoms with Crippen LogP contribution in [0.2, 0.25) is 0 Å². The van der Waals surface area contributed by atoms with Crippen molar-refractivity contribution in [1.82, 2.24) is 15.1 Å². The van der Waals surface area contributed by atoms with Crippen molar-refractivity contribution in [2.24, 2.45) is 7.05 Å². The van der Waals surface area contributed by atoms with Gasteiger partial charge in [-0.15, -0.1) is 0 Å². The van der Waals surface area contributed by atoms with Crippen LogP contribution in [0.25, 0.3) is 0 Å². The summed E-state index contributed by atoms with van der Waals surface area (Å²) >= 11 is 0. The highest BCUT2D eigenvalue weighted by Crippen LogP contribution is 2.07. The lowest BCUT2D eigenvalue weighted by atomic mass is 10.1. The number of aryl methyl sites for hydroxylation is 2. The highest BCUT2D eigenvalue weighted by molar-refractivity contribution is 5.16. The summed E-state index contributed by atoms with van der Waals surface area (Å²) in [5, 5.41) is 7.96. The van der Waals surface area contributed by atoms with Crippen LogP contribution in [0.5, 0.6) is 0 Å². The maximum Gasteiger partial charge on any atom is 0.0666 e. The van der Waals surface area contributed by atoms with Crippen LogP contribution in [-0.4, -0.2) is 16.3 Å². The van der Waals surface area contributed by atoms with Gasteiger partial charge in [-0.05, 0) is 19.4 Å². The molecule has 0 fully saturated rings. The third kappa shape index (κ3) is 5.35. The predicted octanol–water partition coefficient (Wildman–Crippen LogP) is 3.04. The molecule has 0 radical (unpaired) electrons. The standard InChI is InChI=1S/C14H27N3/c1-4-6-7-8-9-10-15-11-13-12-17(3)16-14(13)5-2/h12,15H,4-11H2,1-3H3. The summed E-state index contributed by atoms with van der Waals surface area (Å²) in [7, 11) is 1.99. The molecule has 1 rings (SSSR count). The molecule has 0 saturated heterocycles. The zero-order valence-electron chi connectivity index (χ0n) is 11.6. The first-order valence-electron chi connectivity index (χ1n) is 7.00. The average Bonchev–Trinajstić information content (AvgIpc) is 2.68. The molecule has 0 aliphatic rings. The lowest BCUT2D eigenvalue weighted by molar-refractivity contribution is 0.582. The molecule has 1 N–H and O–H groups in total. The molecule has 0 unspecified atom stereocenters. The maximum atomic E-state index is 4.45. The van der Waals surface area contributed by atoms with Crippen LogP contribution in [0.1, 0.15) is 57.2 Å². The van der Waals surface area contributed by atoms with Crippen molar-refractivity contribution >= 4 is 0 Å². The summed E-state index contributed by atoms with van der Waals surface area (Å²) in [6.45, 7) is 6.51. The van der Waals surface area contributed by atoms with E-state index in [0.717, 1.165) is 19.5 Å². The van der Waals surface area contributed by atoms with E-state index < -0.39 is 0 Å². The van der Waals surface area contributed by atoms with Crippen LogP contribution >= 0.6 is 0 Å². The number of hydrogen-bond acceptors (Lipinski definition) is 2. The van der Waals surface area contributed by atoms with Gasteiger partial charge in [0.2, 0.25) is 0 Å². The molecular weight excluding hydrogens is 210 g/mol. The summed E-state index contributed by atoms with van der Waals surface area (Å²) < 4.78 is 1.91. The monoisotopic (exact) mass is 237 g/mol. The molecule has 0 aliphatic carbocycles. The number of unbranched alkanes of at least 4 members (excludes halogenated alkanes) is 4. The van der Waals surface area contributed by atoms with Gasteiger partial charge < -0.3 is 5.32 Å². The van der Waals surface area contributed by atoms with Gasteiger partial charge in [0.1, 0.15) is 0 Å². The first-order chi connectivity index (χ1) is 8.27. The van der Waals surface area contributed by atoms with Crippen molar-refractivity contribution in [2.45, 2.75) is 58.9 Å². The largest absolute Gasteiger partial charge is 0.313 e. The number of nitrogens with one attached hydrogen (secondary N) is 1. The normalized spacial score (nSPS) is 11.0. The highest BCUT2D eigenvalue weighted by atomic mass is 15.3. The van der Waals surface area contributed by atoms with Crippen molar-refractivity contribution in [3.63, 3.8) is 0 Å². The molecule has 1 aromatic rings. The fourth-order valence-electron chi connectivity index (χ4n) is 2.11. The topological polar surface area (TPSA) is 29.9 Å². The van der Waals surface area contributed by atoms with E-state index in [2.05, 4.69) is 30.5 Å². The van der Waals surface area contributed by atoms with E-state index >= 15 is 0 Å². The smallest absolute Gasteiger partial charge is 0.0666 e. The van der Waals surface area contributed by atoms with Gasteiger partial charge in [-0.1, -0.05) is 39.5 Å². The SMILES string of the molecule is CCCCCCCNCc1cn(C)nc1CC. The Morgan fingerprint density at radius 3 is 2.65 bits per heavy atom. The van der Waals surface area contributed by atoms with Gasteiger partial charge in [0.15, 0.2) is 0 Å². The van der Waals surface area contributed by atoms with E-state index in [-0.39, 0.29) is 0 Å². The van der Waals surface area contributed by atoms with Crippen LogP contribution in [0.4, 0.5) is 0 Å². The molecule has 0 aliphatic heterocycles. The second-order valence-electron chi connectivity index (χ2n) is 4.72. The van der Waals surface area contributed by atoms with Crippen molar-refractivity contribution in [3.05, 3.63) is 17.5 Å². The molecule has 3 nitrogen and oxygen atoms in total. The molecule has 98 valence electrons. The Morgan fingerprint density at radius 1 is 1.18 bits per heavy atom. The fourth-order valence-corrected chi connectivity index (χ4v) is 2.11. The summed E-state index contributed by atoms with van der Waals surface area (Å²) in [5.74, 6) is 0. The van der Waals surface area contributed by atoms with E-state index in [9.17, 15) is 0 Å². The number of hydrogen-bond donors (Lipinski definition) is 1. The van der Waals surface area contributed by atoms with Gasteiger partial charge in [0.25, 0.3) is 0 Å². The molecule has 0 amide bonds. The Bertz CT molecular complexity index is 304. The molecular formula is C14H27N3. The van der Waals surface area contributed by atoms with Crippen LogP contribution < -0.4 is 5.32 Å². The van der Waals surface area contributed by atoms with Crippen LogP contribution in [-0.2, 0) is 20.0 Å². The third-order valence-corrected chi connectivity index (χ3v) is 3.10. The van der Waals surface area contributed by atoms with Crippen molar-refractivity contribution in [3.8, 4) is 0 Å². The van der Waals surface area contributed by atoms with Gasteiger partial charge in [0.05, 0.1) is 5.69 Å². The summed E-state index contributed by atoms with van der Waals surface area (Å²) in [5.41, 5.74) is 2.58. The van der Waals surface area contributed by atoms with E-state index in [1.807, 2.05) is 11.7 Å². The zero-order chi connectivity index (χ0) is 12.5. The van der Waals surface area contributed by atoms with Gasteiger partial charge >= 0.3 is 0 Å². The first-order valence-corrected chi connectivity index (χ1v) is 7.00. The lowest BCUT2D eigenvalue weighted by Gasteiger charge is -2.04. The Hall–Kier alpha value is -0.830. The maximum absolute atomic E-state index is 4.45. The minimum Gasteiger partial charge on any atom is -0.313 e. The third-order valence-electron chi connectivity index (χ3n) is 3.10. The Balaban J connectivity index is 2.13. The van der Waals surface area contributed by atoms with Crippen molar-refractivity contribution in [2.75, 3.05) is 6.54 Å². The first kappa shape index (κ1) is 14.2. The molecule has 1 heterocycles. The molecule has 0 atom stereocenters. The minimum absolute atomic E-state index is 0.963. The number of rotatable bonds is 9. The highest BCUT2D eigenvalue weighted by Gasteiger charge is 2.04. The van der Waals surface area contributed by atoms with E-state index in [0.29, 0.717) is 0 Å². The molecule has 1 aromatic heterocycles. The molecule has 17 heavy (non-hydrogen) atoms. The molecule has 0 bridgehead atoms. The van der Waals surface area contributed by atoms with Gasteiger partial charge in [-0.2, -0.15) is 5.10 Å². The van der Waals surface area contributed by atoms with Crippen LogP contribution in [0.3, 0.4) is 0 Å². The Labute approximate surface area is 106 Å². The second-order valence-corrected chi connectivity index (χ2v) is 4.72. The van der Waals surface area contributed by atoms with Gasteiger partial charge in [0, 0.05) is 25.4 Å². The molecule has 3 heteroatoms. The summed E-state index contributed by atoms with van der Waals surface area (Å²) in [4.78, 5) is 0. The van der Waals surface area contributed by atoms with Gasteiger partial charge in [-0.25, -0.2) is 0 Å². The van der Waals surface area contributed by atoms with Gasteiger partial charge in [-0.3, -0.25) is 4.68 Å². The van der Waals surface area contributed by atoms with E-state index in [1.165, 1.54) is 43.4 Å². The van der Waals surface area contributed by atoms with Crippen LogP contribution in [0.15, 0.2) is 6.20 Å². The lowest BCUT2D eigenvalue weighted by Crippen LogP contribution is -2.15. The fraction of sp³-hybridized carbons (Fsp3) is 0.786. The summed E-state index contributed by atoms with van der Waals surface area (Å²) in [6, 6.07) is 0. The molecule has 0 spiro atoms. The zero-order valence-corrected chi connectivity index (χ0v) is 11.6. The average molecular weight is 237 g/mol. The molecule has 0 aromatic carbocycles. The molecule has 0 saturated carbocycles. The van der Waals surface area contributed by atoms with E-state index in [1.54, 1.807) is 0 Å². The van der Waals surface area contributed by atoms with E-state index in [4.69, 9.17) is 0 Å². The number of nitrogens with zero attached hydrogens (tertiary/aromatic N) is 2. The Kier molecular flexibility index (Phi) is 6.94. The van der Waals surface area contributed by atoms with Crippen molar-refractivity contribution < 1.29 is 0 Å². The predicted molar refractivity (Wildman–Crippen MR) is 73.1 cm³/mol. The van der Waals surface area contributed by atoms with Crippen LogP contribution in [0, 0.1) is 0 Å². The summed E-state index contributed by atoms with van der Waals surface area (Å²) in [6.07, 6.45) is 9.88. The quantitative estimate of drug-likeness (QED) is 0.669. The number of aromatic nitrogens is 2. The van der Waals surface area contributed by atoms with Crippen molar-refractivity contribution in [1.29, 1.82) is 0 Å². The second kappa shape index (κ2) is 8.29.